The highest BCUT2D eigenvalue weighted by Crippen LogP contribution is 2.34. The lowest BCUT2D eigenvalue weighted by atomic mass is 10.1. The van der Waals surface area contributed by atoms with E-state index in [-0.39, 0.29) is 36.3 Å². The molecule has 4 aliphatic carbocycles. The molecule has 0 spiro atoms. The van der Waals surface area contributed by atoms with Gasteiger partial charge in [-0.1, -0.05) is 0 Å². The maximum atomic E-state index is 11.8. The lowest BCUT2D eigenvalue weighted by Gasteiger charge is -2.23. The van der Waals surface area contributed by atoms with Gasteiger partial charge in [0, 0.05) is 37.0 Å². The monoisotopic (exact) mass is 472 g/mol. The first-order valence-electron chi connectivity index (χ1n) is 11.9. The number of amides is 3. The number of hydrogen-bond donors (Lipinski definition) is 4. The van der Waals surface area contributed by atoms with Crippen molar-refractivity contribution in [3.8, 4) is 0 Å². The van der Waals surface area contributed by atoms with Crippen LogP contribution in [0, 0.1) is 11.8 Å². The molecule has 0 radical (unpaired) electrons. The number of halogens is 1. The van der Waals surface area contributed by atoms with Crippen LogP contribution in [0.3, 0.4) is 0 Å². The summed E-state index contributed by atoms with van der Waals surface area (Å²) in [5, 5.41) is 8.74. The first kappa shape index (κ1) is 26.7. The molecule has 4 saturated carbocycles. The lowest BCUT2D eigenvalue weighted by Crippen LogP contribution is -2.43. The Hall–Kier alpha value is -1.54. The first-order valence-corrected chi connectivity index (χ1v) is 11.9. The molecule has 3 amide bonds. The van der Waals surface area contributed by atoms with E-state index in [9.17, 15) is 14.4 Å². The molecule has 4 rings (SSSR count). The van der Waals surface area contributed by atoms with Gasteiger partial charge in [-0.25, -0.2) is 4.79 Å². The molecule has 0 bridgehead atoms. The van der Waals surface area contributed by atoms with Crippen molar-refractivity contribution in [1.29, 1.82) is 0 Å². The Labute approximate surface area is 197 Å². The molecular weight excluding hydrogens is 432 g/mol. The molecule has 4 aliphatic rings. The van der Waals surface area contributed by atoms with Crippen LogP contribution in [0.5, 0.6) is 0 Å². The fraction of sp³-hybridized carbons (Fsp3) is 0.870. The number of nitrogens with one attached hydrogen (secondary N) is 3. The summed E-state index contributed by atoms with van der Waals surface area (Å²) in [5.74, 6) is 1.25. The largest absolute Gasteiger partial charge is 0.444 e. The Kier molecular flexibility index (Phi) is 9.64. The highest BCUT2D eigenvalue weighted by molar-refractivity contribution is 5.85. The van der Waals surface area contributed by atoms with Crippen LogP contribution in [0.25, 0.3) is 0 Å². The van der Waals surface area contributed by atoms with E-state index in [4.69, 9.17) is 10.5 Å². The normalized spacial score (nSPS) is 21.6. The van der Waals surface area contributed by atoms with E-state index in [1.54, 1.807) is 0 Å². The Morgan fingerprint density at radius 1 is 0.844 bits per heavy atom. The summed E-state index contributed by atoms with van der Waals surface area (Å²) in [6.45, 7) is 5.50. The molecule has 0 saturated heterocycles. The molecule has 0 aromatic carbocycles. The van der Waals surface area contributed by atoms with Crippen LogP contribution in [0.2, 0.25) is 0 Å². The highest BCUT2D eigenvalue weighted by Gasteiger charge is 2.36. The SMILES string of the molecule is CC(C)(C)OC(=O)NC(CC(=O)NC1CC1)C1CC1.Cl.NC(CC(=O)NC1CC1)C1CC1. The minimum atomic E-state index is -0.506. The maximum Gasteiger partial charge on any atom is 0.407 e. The van der Waals surface area contributed by atoms with Gasteiger partial charge >= 0.3 is 6.09 Å². The molecule has 8 nitrogen and oxygen atoms in total. The van der Waals surface area contributed by atoms with Crippen LogP contribution in [-0.4, -0.2) is 47.7 Å². The van der Waals surface area contributed by atoms with Gasteiger partial charge in [0.15, 0.2) is 0 Å². The Morgan fingerprint density at radius 3 is 1.72 bits per heavy atom. The Balaban J connectivity index is 0.000000241. The molecule has 184 valence electrons. The molecule has 2 unspecified atom stereocenters. The summed E-state index contributed by atoms with van der Waals surface area (Å²) in [6.07, 6.45) is 9.54. The van der Waals surface area contributed by atoms with Gasteiger partial charge in [0.05, 0.1) is 0 Å². The molecule has 5 N–H and O–H groups in total. The van der Waals surface area contributed by atoms with Gasteiger partial charge in [0.25, 0.3) is 0 Å². The van der Waals surface area contributed by atoms with Crippen molar-refractivity contribution >= 4 is 30.3 Å². The second-order valence-electron chi connectivity index (χ2n) is 10.7. The van der Waals surface area contributed by atoms with Crippen LogP contribution in [0.15, 0.2) is 0 Å². The standard InChI is InChI=1S/C14H24N2O3.C9H16N2O.ClH/c1-14(2,3)19-13(18)16-11(9-4-5-9)8-12(17)15-10-6-7-10;10-8(6-1-2-6)5-9(12)11-7-3-4-7;/h9-11H,4-8H2,1-3H3,(H,15,17)(H,16,18);6-8H,1-5,10H2,(H,11,12);1H. The molecule has 0 aromatic heterocycles. The van der Waals surface area contributed by atoms with Gasteiger partial charge in [0.2, 0.25) is 11.8 Å². The summed E-state index contributed by atoms with van der Waals surface area (Å²) < 4.78 is 5.24. The second kappa shape index (κ2) is 11.5. The van der Waals surface area contributed by atoms with Crippen LogP contribution >= 0.6 is 12.4 Å². The summed E-state index contributed by atoms with van der Waals surface area (Å²) in [7, 11) is 0. The topological polar surface area (TPSA) is 123 Å². The summed E-state index contributed by atoms with van der Waals surface area (Å²) in [5.41, 5.74) is 5.31. The zero-order valence-corrected chi connectivity index (χ0v) is 20.5. The van der Waals surface area contributed by atoms with Crippen molar-refractivity contribution in [2.45, 2.75) is 115 Å². The van der Waals surface area contributed by atoms with Crippen LogP contribution in [-0.2, 0) is 14.3 Å². The predicted octanol–water partition coefficient (Wildman–Crippen LogP) is 2.77. The number of ether oxygens (including phenoxy) is 1. The number of carbonyl (C=O) groups is 3. The fourth-order valence-electron chi connectivity index (χ4n) is 3.43. The van der Waals surface area contributed by atoms with Gasteiger partial charge in [-0.3, -0.25) is 9.59 Å². The Morgan fingerprint density at radius 2 is 1.31 bits per heavy atom. The minimum absolute atomic E-state index is 0. The van der Waals surface area contributed by atoms with Gasteiger partial charge in [-0.2, -0.15) is 0 Å². The maximum absolute atomic E-state index is 11.8. The third kappa shape index (κ3) is 11.4. The van der Waals surface area contributed by atoms with E-state index >= 15 is 0 Å². The molecule has 32 heavy (non-hydrogen) atoms. The third-order valence-electron chi connectivity index (χ3n) is 5.83. The van der Waals surface area contributed by atoms with Crippen molar-refractivity contribution in [2.24, 2.45) is 17.6 Å². The highest BCUT2D eigenvalue weighted by atomic mass is 35.5. The van der Waals surface area contributed by atoms with Gasteiger partial charge < -0.3 is 26.4 Å². The number of alkyl carbamates (subject to hydrolysis) is 1. The Bertz CT molecular complexity index is 653. The van der Waals surface area contributed by atoms with Crippen molar-refractivity contribution in [2.75, 3.05) is 0 Å². The summed E-state index contributed by atoms with van der Waals surface area (Å²) >= 11 is 0. The van der Waals surface area contributed by atoms with Gasteiger partial charge in [-0.15, -0.1) is 12.4 Å². The third-order valence-corrected chi connectivity index (χ3v) is 5.83. The lowest BCUT2D eigenvalue weighted by molar-refractivity contribution is -0.122. The second-order valence-corrected chi connectivity index (χ2v) is 10.7. The number of hydrogen-bond acceptors (Lipinski definition) is 5. The fourth-order valence-corrected chi connectivity index (χ4v) is 3.43. The van der Waals surface area contributed by atoms with Crippen LogP contribution in [0.4, 0.5) is 4.79 Å². The zero-order chi connectivity index (χ0) is 22.6. The first-order chi connectivity index (χ1) is 14.6. The minimum Gasteiger partial charge on any atom is -0.444 e. The van der Waals surface area contributed by atoms with E-state index in [0.717, 1.165) is 38.5 Å². The predicted molar refractivity (Wildman–Crippen MR) is 125 cm³/mol. The quantitative estimate of drug-likeness (QED) is 0.411. The van der Waals surface area contributed by atoms with Crippen molar-refractivity contribution in [1.82, 2.24) is 16.0 Å². The molecule has 0 heterocycles. The summed E-state index contributed by atoms with van der Waals surface area (Å²) in [6, 6.07) is 0.870. The van der Waals surface area contributed by atoms with Gasteiger partial charge in [-0.05, 0) is 84.0 Å². The van der Waals surface area contributed by atoms with E-state index in [0.29, 0.717) is 36.8 Å². The zero-order valence-electron chi connectivity index (χ0n) is 19.7. The van der Waals surface area contributed by atoms with Crippen molar-refractivity contribution < 1.29 is 19.1 Å². The average Bonchev–Trinajstić information content (AvgIpc) is 3.49. The van der Waals surface area contributed by atoms with E-state index < -0.39 is 11.7 Å². The molecule has 0 aromatic rings. The van der Waals surface area contributed by atoms with Crippen LogP contribution < -0.4 is 21.7 Å². The van der Waals surface area contributed by atoms with Gasteiger partial charge in [0.1, 0.15) is 5.60 Å². The number of nitrogens with two attached hydrogens (primary N) is 1. The van der Waals surface area contributed by atoms with E-state index in [1.807, 2.05) is 20.8 Å². The molecule has 9 heteroatoms. The molecular formula is C23H41ClN4O4. The smallest absolute Gasteiger partial charge is 0.407 e. The average molecular weight is 473 g/mol. The van der Waals surface area contributed by atoms with Crippen molar-refractivity contribution in [3.63, 3.8) is 0 Å². The van der Waals surface area contributed by atoms with Crippen LogP contribution in [0.1, 0.15) is 85.0 Å². The summed E-state index contributed by atoms with van der Waals surface area (Å²) in [4.78, 5) is 34.8. The number of rotatable bonds is 9. The van der Waals surface area contributed by atoms with E-state index in [1.165, 1.54) is 12.8 Å². The molecule has 4 fully saturated rings. The molecule has 2 atom stereocenters. The van der Waals surface area contributed by atoms with E-state index in [2.05, 4.69) is 16.0 Å². The van der Waals surface area contributed by atoms with Crippen molar-refractivity contribution in [3.05, 3.63) is 0 Å². The molecule has 0 aliphatic heterocycles. The number of carbonyl (C=O) groups excluding carboxylic acids is 3.